The molecule has 98 valence electrons. The zero-order chi connectivity index (χ0) is 13.4. The third kappa shape index (κ3) is 2.44. The van der Waals surface area contributed by atoms with Crippen molar-refractivity contribution in [1.82, 2.24) is 0 Å². The van der Waals surface area contributed by atoms with E-state index in [0.29, 0.717) is 16.6 Å². The number of ether oxygens (including phenoxy) is 1. The fraction of sp³-hybridized carbons (Fsp3) is 0.200. The van der Waals surface area contributed by atoms with Gasteiger partial charge < -0.3 is 10.5 Å². The van der Waals surface area contributed by atoms with Gasteiger partial charge in [0.15, 0.2) is 0 Å². The van der Waals surface area contributed by atoms with Crippen LogP contribution in [0.3, 0.4) is 0 Å². The largest absolute Gasteiger partial charge is 0.488 e. The summed E-state index contributed by atoms with van der Waals surface area (Å²) in [5.74, 6) is 0.899. The quantitative estimate of drug-likeness (QED) is 0.911. The summed E-state index contributed by atoms with van der Waals surface area (Å²) in [4.78, 5) is 0. The van der Waals surface area contributed by atoms with Gasteiger partial charge in [-0.1, -0.05) is 41.4 Å². The summed E-state index contributed by atoms with van der Waals surface area (Å²) < 4.78 is 5.91. The van der Waals surface area contributed by atoms with Crippen LogP contribution in [0.1, 0.15) is 5.56 Å². The van der Waals surface area contributed by atoms with Gasteiger partial charge in [0.05, 0.1) is 0 Å². The van der Waals surface area contributed by atoms with E-state index in [4.69, 9.17) is 33.7 Å². The van der Waals surface area contributed by atoms with E-state index in [1.165, 1.54) is 5.56 Å². The maximum absolute atomic E-state index is 6.06. The summed E-state index contributed by atoms with van der Waals surface area (Å²) in [5, 5.41) is 1.24. The normalized spacial score (nSPS) is 17.1. The summed E-state index contributed by atoms with van der Waals surface area (Å²) in [6, 6.07) is 11.6. The number of rotatable bonds is 2. The SMILES string of the molecule is NC[C@@H]1Cc2cccc(-c3cc(Cl)cc(Cl)c3)c2O1. The van der Waals surface area contributed by atoms with Crippen LogP contribution >= 0.6 is 23.2 Å². The summed E-state index contributed by atoms with van der Waals surface area (Å²) >= 11 is 12.1. The molecule has 0 aromatic heterocycles. The van der Waals surface area contributed by atoms with E-state index >= 15 is 0 Å². The maximum atomic E-state index is 6.06. The highest BCUT2D eigenvalue weighted by Gasteiger charge is 2.24. The van der Waals surface area contributed by atoms with Crippen LogP contribution in [0, 0.1) is 0 Å². The molecule has 0 amide bonds. The zero-order valence-electron chi connectivity index (χ0n) is 10.2. The number of para-hydroxylation sites is 1. The summed E-state index contributed by atoms with van der Waals surface area (Å²) in [7, 11) is 0. The minimum absolute atomic E-state index is 0.0609. The van der Waals surface area contributed by atoms with Gasteiger partial charge in [0.2, 0.25) is 0 Å². The van der Waals surface area contributed by atoms with Crippen molar-refractivity contribution in [3.63, 3.8) is 0 Å². The molecule has 2 aromatic rings. The smallest absolute Gasteiger partial charge is 0.130 e. The molecule has 0 saturated carbocycles. The third-order valence-corrected chi connectivity index (χ3v) is 3.70. The number of fused-ring (bicyclic) bond motifs is 1. The van der Waals surface area contributed by atoms with Crippen LogP contribution in [0.2, 0.25) is 10.0 Å². The van der Waals surface area contributed by atoms with E-state index in [9.17, 15) is 0 Å². The van der Waals surface area contributed by atoms with Crippen LogP contribution in [-0.4, -0.2) is 12.6 Å². The number of halogens is 2. The number of nitrogens with two attached hydrogens (primary N) is 1. The van der Waals surface area contributed by atoms with Gasteiger partial charge >= 0.3 is 0 Å². The minimum Gasteiger partial charge on any atom is -0.488 e. The first-order valence-corrected chi connectivity index (χ1v) is 6.88. The summed E-state index contributed by atoms with van der Waals surface area (Å²) in [6.07, 6.45) is 0.916. The molecule has 0 unspecified atom stereocenters. The molecule has 0 radical (unpaired) electrons. The van der Waals surface area contributed by atoms with Crippen molar-refractivity contribution in [3.8, 4) is 16.9 Å². The van der Waals surface area contributed by atoms with Crippen molar-refractivity contribution in [1.29, 1.82) is 0 Å². The predicted octanol–water partition coefficient (Wildman–Crippen LogP) is 3.92. The van der Waals surface area contributed by atoms with Gasteiger partial charge in [-0.15, -0.1) is 0 Å². The molecule has 0 saturated heterocycles. The molecule has 1 aliphatic rings. The molecule has 1 heterocycles. The van der Waals surface area contributed by atoms with Gasteiger partial charge in [-0.05, 0) is 29.3 Å². The van der Waals surface area contributed by atoms with E-state index in [0.717, 1.165) is 23.3 Å². The first-order chi connectivity index (χ1) is 9.17. The molecular formula is C15H13Cl2NO. The van der Waals surface area contributed by atoms with Gasteiger partial charge in [0.25, 0.3) is 0 Å². The molecule has 0 bridgehead atoms. The Bertz CT molecular complexity index is 607. The average Bonchev–Trinajstić information content (AvgIpc) is 2.80. The second kappa shape index (κ2) is 5.04. The van der Waals surface area contributed by atoms with Gasteiger partial charge in [-0.3, -0.25) is 0 Å². The molecular weight excluding hydrogens is 281 g/mol. The van der Waals surface area contributed by atoms with E-state index in [1.807, 2.05) is 24.3 Å². The Hall–Kier alpha value is -1.22. The molecule has 3 rings (SSSR count). The predicted molar refractivity (Wildman–Crippen MR) is 79.1 cm³/mol. The Labute approximate surface area is 122 Å². The number of benzene rings is 2. The molecule has 0 fully saturated rings. The van der Waals surface area contributed by atoms with Crippen LogP contribution in [0.5, 0.6) is 5.75 Å². The Morgan fingerprint density at radius 3 is 2.58 bits per heavy atom. The molecule has 2 aromatic carbocycles. The molecule has 19 heavy (non-hydrogen) atoms. The van der Waals surface area contributed by atoms with Crippen molar-refractivity contribution in [2.24, 2.45) is 5.73 Å². The van der Waals surface area contributed by atoms with Crippen LogP contribution in [0.15, 0.2) is 36.4 Å². The highest BCUT2D eigenvalue weighted by molar-refractivity contribution is 6.35. The Kier molecular flexibility index (Phi) is 3.40. The minimum atomic E-state index is 0.0609. The Morgan fingerprint density at radius 1 is 1.16 bits per heavy atom. The second-order valence-corrected chi connectivity index (χ2v) is 5.50. The fourth-order valence-electron chi connectivity index (χ4n) is 2.41. The zero-order valence-corrected chi connectivity index (χ0v) is 11.7. The van der Waals surface area contributed by atoms with E-state index in [-0.39, 0.29) is 6.10 Å². The first-order valence-electron chi connectivity index (χ1n) is 6.12. The molecule has 2 N–H and O–H groups in total. The molecule has 1 atom stereocenters. The molecule has 0 spiro atoms. The second-order valence-electron chi connectivity index (χ2n) is 4.63. The number of hydrogen-bond acceptors (Lipinski definition) is 2. The van der Waals surface area contributed by atoms with E-state index < -0.39 is 0 Å². The lowest BCUT2D eigenvalue weighted by molar-refractivity contribution is 0.242. The van der Waals surface area contributed by atoms with Gasteiger partial charge in [-0.2, -0.15) is 0 Å². The van der Waals surface area contributed by atoms with Crippen LogP contribution in [-0.2, 0) is 6.42 Å². The van der Waals surface area contributed by atoms with Crippen molar-refractivity contribution in [2.75, 3.05) is 6.54 Å². The van der Waals surface area contributed by atoms with Gasteiger partial charge in [0, 0.05) is 28.6 Å². The van der Waals surface area contributed by atoms with Crippen molar-refractivity contribution < 1.29 is 4.74 Å². The van der Waals surface area contributed by atoms with Gasteiger partial charge in [-0.25, -0.2) is 0 Å². The van der Waals surface area contributed by atoms with Crippen molar-refractivity contribution in [2.45, 2.75) is 12.5 Å². The molecule has 4 heteroatoms. The highest BCUT2D eigenvalue weighted by atomic mass is 35.5. The maximum Gasteiger partial charge on any atom is 0.130 e. The molecule has 1 aliphatic heterocycles. The lowest BCUT2D eigenvalue weighted by atomic mass is 10.0. The first kappa shape index (κ1) is 12.8. The highest BCUT2D eigenvalue weighted by Crippen LogP contribution is 2.40. The van der Waals surface area contributed by atoms with Crippen LogP contribution in [0.25, 0.3) is 11.1 Å². The third-order valence-electron chi connectivity index (χ3n) is 3.27. The lowest BCUT2D eigenvalue weighted by Crippen LogP contribution is -2.24. The monoisotopic (exact) mass is 293 g/mol. The van der Waals surface area contributed by atoms with Gasteiger partial charge in [0.1, 0.15) is 11.9 Å². The standard InChI is InChI=1S/C15H13Cl2NO/c16-11-4-10(5-12(17)7-11)14-3-1-2-9-6-13(8-18)19-15(9)14/h1-5,7,13H,6,8,18H2/t13-/m0/s1. The van der Waals surface area contributed by atoms with Crippen LogP contribution in [0.4, 0.5) is 0 Å². The fourth-order valence-corrected chi connectivity index (χ4v) is 2.93. The lowest BCUT2D eigenvalue weighted by Gasteiger charge is -2.11. The average molecular weight is 294 g/mol. The van der Waals surface area contributed by atoms with E-state index in [1.54, 1.807) is 6.07 Å². The Morgan fingerprint density at radius 2 is 1.89 bits per heavy atom. The van der Waals surface area contributed by atoms with E-state index in [2.05, 4.69) is 6.07 Å². The Balaban J connectivity index is 2.10. The van der Waals surface area contributed by atoms with Crippen molar-refractivity contribution in [3.05, 3.63) is 52.0 Å². The topological polar surface area (TPSA) is 35.2 Å². The van der Waals surface area contributed by atoms with Crippen molar-refractivity contribution >= 4 is 23.2 Å². The summed E-state index contributed by atoms with van der Waals surface area (Å²) in [6.45, 7) is 0.518. The molecule has 0 aliphatic carbocycles. The number of hydrogen-bond donors (Lipinski definition) is 1. The molecule has 2 nitrogen and oxygen atoms in total. The summed E-state index contributed by atoms with van der Waals surface area (Å²) in [5.41, 5.74) is 8.84. The van der Waals surface area contributed by atoms with Crippen LogP contribution < -0.4 is 10.5 Å².